The van der Waals surface area contributed by atoms with Crippen molar-refractivity contribution in [3.05, 3.63) is 95.6 Å². The van der Waals surface area contributed by atoms with Gasteiger partial charge in [0.15, 0.2) is 5.13 Å². The molecule has 1 saturated heterocycles. The van der Waals surface area contributed by atoms with Crippen molar-refractivity contribution in [3.8, 4) is 17.2 Å². The third-order valence-corrected chi connectivity index (χ3v) is 8.06. The predicted molar refractivity (Wildman–Crippen MR) is 158 cm³/mol. The number of rotatable bonds is 8. The van der Waals surface area contributed by atoms with Gasteiger partial charge in [0.2, 0.25) is 0 Å². The number of hydrogen-bond acceptors (Lipinski definition) is 8. The van der Waals surface area contributed by atoms with E-state index in [0.717, 1.165) is 16.0 Å². The summed E-state index contributed by atoms with van der Waals surface area (Å²) in [6.07, 6.45) is 2.36. The Morgan fingerprint density at radius 1 is 1.12 bits per heavy atom. The van der Waals surface area contributed by atoms with Gasteiger partial charge in [-0.2, -0.15) is 0 Å². The zero-order chi connectivity index (χ0) is 28.7. The van der Waals surface area contributed by atoms with E-state index in [4.69, 9.17) is 19.2 Å². The second kappa shape index (κ2) is 10.7. The first-order chi connectivity index (χ1) is 19.9. The Bertz CT molecular complexity index is 1710. The third-order valence-electron chi connectivity index (χ3n) is 7.04. The van der Waals surface area contributed by atoms with Gasteiger partial charge in [0.05, 0.1) is 28.4 Å². The van der Waals surface area contributed by atoms with Crippen molar-refractivity contribution in [2.24, 2.45) is 0 Å². The van der Waals surface area contributed by atoms with E-state index in [9.17, 15) is 14.7 Å². The topological polar surface area (TPSA) is 98.2 Å². The standard InChI is InChI=1S/C32H28N2O6S/c1-4-14-39-22-9-6-19(7-10-22)28-27(29(35)20-8-13-25-21(16-20)15-18(3)40-25)30(36)31(37)34(28)32-33-24-12-11-23(38-5-2)17-26(24)41-32/h4,6-13,16-18,28,35H,1,5,14-15H2,2-3H3/b29-27+/t18-,28-/m1/s1. The lowest BCUT2D eigenvalue weighted by Crippen LogP contribution is -2.29. The van der Waals surface area contributed by atoms with E-state index in [2.05, 4.69) is 6.58 Å². The van der Waals surface area contributed by atoms with E-state index in [1.165, 1.54) is 16.2 Å². The molecule has 9 heteroatoms. The first kappa shape index (κ1) is 26.6. The molecular formula is C32H28N2O6S. The molecule has 1 amide bonds. The van der Waals surface area contributed by atoms with E-state index in [1.54, 1.807) is 42.5 Å². The Labute approximate surface area is 241 Å². The minimum Gasteiger partial charge on any atom is -0.507 e. The lowest BCUT2D eigenvalue weighted by atomic mass is 9.94. The molecule has 0 aliphatic carbocycles. The van der Waals surface area contributed by atoms with Crippen LogP contribution in [-0.4, -0.2) is 41.1 Å². The first-order valence-corrected chi connectivity index (χ1v) is 14.2. The number of carbonyl (C=O) groups excluding carboxylic acids is 2. The van der Waals surface area contributed by atoms with Gasteiger partial charge in [-0.25, -0.2) is 4.98 Å². The highest BCUT2D eigenvalue weighted by Gasteiger charge is 2.48. The Morgan fingerprint density at radius 3 is 2.66 bits per heavy atom. The molecule has 6 rings (SSSR count). The largest absolute Gasteiger partial charge is 0.507 e. The number of amides is 1. The Kier molecular flexibility index (Phi) is 6.96. The highest BCUT2D eigenvalue weighted by molar-refractivity contribution is 7.22. The fraction of sp³-hybridized carbons (Fsp3) is 0.219. The fourth-order valence-electron chi connectivity index (χ4n) is 5.22. The van der Waals surface area contributed by atoms with E-state index < -0.39 is 17.7 Å². The van der Waals surface area contributed by atoms with E-state index >= 15 is 0 Å². The van der Waals surface area contributed by atoms with Crippen molar-refractivity contribution in [1.82, 2.24) is 4.98 Å². The summed E-state index contributed by atoms with van der Waals surface area (Å²) in [5.41, 5.74) is 2.68. The van der Waals surface area contributed by atoms with Crippen LogP contribution in [0.25, 0.3) is 16.0 Å². The molecular weight excluding hydrogens is 540 g/mol. The van der Waals surface area contributed by atoms with Crippen LogP contribution in [0.3, 0.4) is 0 Å². The van der Waals surface area contributed by atoms with Crippen LogP contribution >= 0.6 is 11.3 Å². The summed E-state index contributed by atoms with van der Waals surface area (Å²) in [7, 11) is 0. The first-order valence-electron chi connectivity index (χ1n) is 13.4. The van der Waals surface area contributed by atoms with Crippen molar-refractivity contribution < 1.29 is 28.9 Å². The molecule has 2 atom stereocenters. The second-order valence-electron chi connectivity index (χ2n) is 9.85. The summed E-state index contributed by atoms with van der Waals surface area (Å²) in [6.45, 7) is 8.41. The maximum Gasteiger partial charge on any atom is 0.301 e. The number of anilines is 1. The van der Waals surface area contributed by atoms with Crippen molar-refractivity contribution >= 4 is 44.1 Å². The van der Waals surface area contributed by atoms with Gasteiger partial charge in [0.1, 0.15) is 35.7 Å². The van der Waals surface area contributed by atoms with Gasteiger partial charge in [-0.3, -0.25) is 14.5 Å². The predicted octanol–water partition coefficient (Wildman–Crippen LogP) is 6.21. The lowest BCUT2D eigenvalue weighted by molar-refractivity contribution is -0.132. The zero-order valence-corrected chi connectivity index (χ0v) is 23.4. The lowest BCUT2D eigenvalue weighted by Gasteiger charge is -2.23. The zero-order valence-electron chi connectivity index (χ0n) is 22.6. The van der Waals surface area contributed by atoms with E-state index in [1.807, 2.05) is 38.1 Å². The summed E-state index contributed by atoms with van der Waals surface area (Å²) in [5.74, 6) is 0.275. The maximum absolute atomic E-state index is 13.6. The number of ketones is 1. The van der Waals surface area contributed by atoms with Crippen LogP contribution < -0.4 is 19.1 Å². The van der Waals surface area contributed by atoms with Gasteiger partial charge in [-0.1, -0.05) is 36.1 Å². The third kappa shape index (κ3) is 4.82. The molecule has 41 heavy (non-hydrogen) atoms. The number of fused-ring (bicyclic) bond motifs is 2. The number of aromatic nitrogens is 1. The molecule has 0 unspecified atom stereocenters. The summed E-state index contributed by atoms with van der Waals surface area (Å²) in [5, 5.41) is 11.9. The van der Waals surface area contributed by atoms with E-state index in [-0.39, 0.29) is 17.4 Å². The van der Waals surface area contributed by atoms with Crippen LogP contribution in [0, 0.1) is 0 Å². The minimum atomic E-state index is -0.904. The molecule has 3 aromatic carbocycles. The number of Topliss-reactive ketones (excluding diaryl/α,β-unsaturated/α-hetero) is 1. The van der Waals surface area contributed by atoms with Crippen LogP contribution in [0.1, 0.15) is 36.6 Å². The van der Waals surface area contributed by atoms with Crippen molar-refractivity contribution in [1.29, 1.82) is 0 Å². The molecule has 1 aromatic heterocycles. The van der Waals surface area contributed by atoms with Crippen molar-refractivity contribution in [2.45, 2.75) is 32.4 Å². The molecule has 0 bridgehead atoms. The smallest absolute Gasteiger partial charge is 0.301 e. The number of carbonyl (C=O) groups is 2. The summed E-state index contributed by atoms with van der Waals surface area (Å²) in [4.78, 5) is 33.3. The molecule has 208 valence electrons. The number of ether oxygens (including phenoxy) is 3. The van der Waals surface area contributed by atoms with Gasteiger partial charge in [-0.15, -0.1) is 0 Å². The Hall–Kier alpha value is -4.63. The molecule has 2 aliphatic heterocycles. The van der Waals surface area contributed by atoms with Gasteiger partial charge >= 0.3 is 5.91 Å². The monoisotopic (exact) mass is 568 g/mol. The SMILES string of the molecule is C=CCOc1ccc([C@@H]2/C(=C(\O)c3ccc4c(c3)C[C@@H](C)O4)C(=O)C(=O)N2c2nc3ccc(OCC)cc3s2)cc1. The highest BCUT2D eigenvalue weighted by Crippen LogP contribution is 2.45. The van der Waals surface area contributed by atoms with Gasteiger partial charge in [0, 0.05) is 12.0 Å². The normalized spacial score (nSPS) is 19.3. The number of aliphatic hydroxyl groups excluding tert-OH is 1. The molecule has 0 radical (unpaired) electrons. The van der Waals surface area contributed by atoms with E-state index in [0.29, 0.717) is 52.9 Å². The average Bonchev–Trinajstić information content (AvgIpc) is 3.64. The molecule has 0 saturated carbocycles. The number of hydrogen-bond donors (Lipinski definition) is 1. The highest BCUT2D eigenvalue weighted by atomic mass is 32.1. The van der Waals surface area contributed by atoms with Gasteiger partial charge in [-0.05, 0) is 73.5 Å². The Morgan fingerprint density at radius 2 is 1.90 bits per heavy atom. The quantitative estimate of drug-likeness (QED) is 0.117. The number of benzene rings is 3. The van der Waals surface area contributed by atoms with Crippen molar-refractivity contribution in [2.75, 3.05) is 18.1 Å². The molecule has 0 spiro atoms. The van der Waals surface area contributed by atoms with Crippen LogP contribution in [0.15, 0.2) is 78.9 Å². The van der Waals surface area contributed by atoms with Gasteiger partial charge < -0.3 is 19.3 Å². The molecule has 1 N–H and O–H groups in total. The van der Waals surface area contributed by atoms with Gasteiger partial charge in [0.25, 0.3) is 5.78 Å². The molecule has 4 aromatic rings. The number of thiazole rings is 1. The van der Waals surface area contributed by atoms with Crippen LogP contribution in [0.4, 0.5) is 5.13 Å². The summed E-state index contributed by atoms with van der Waals surface area (Å²) in [6, 6.07) is 17.0. The number of aliphatic hydroxyl groups is 1. The maximum atomic E-state index is 13.6. The summed E-state index contributed by atoms with van der Waals surface area (Å²) >= 11 is 1.28. The molecule has 8 nitrogen and oxygen atoms in total. The second-order valence-corrected chi connectivity index (χ2v) is 10.9. The molecule has 1 fully saturated rings. The van der Waals surface area contributed by atoms with Crippen LogP contribution in [0.5, 0.6) is 17.2 Å². The fourth-order valence-corrected chi connectivity index (χ4v) is 6.24. The van der Waals surface area contributed by atoms with Crippen LogP contribution in [0.2, 0.25) is 0 Å². The minimum absolute atomic E-state index is 0.00376. The molecule has 2 aliphatic rings. The molecule has 3 heterocycles. The van der Waals surface area contributed by atoms with Crippen molar-refractivity contribution in [3.63, 3.8) is 0 Å². The number of nitrogens with zero attached hydrogens (tertiary/aromatic N) is 2. The Balaban J connectivity index is 1.48. The average molecular weight is 569 g/mol. The summed E-state index contributed by atoms with van der Waals surface area (Å²) < 4.78 is 17.9. The van der Waals surface area contributed by atoms with Crippen LogP contribution in [-0.2, 0) is 16.0 Å².